The van der Waals surface area contributed by atoms with E-state index in [1.165, 1.54) is 0 Å². The Morgan fingerprint density at radius 2 is 2.00 bits per heavy atom. The number of aromatic nitrogens is 4. The molecule has 0 aliphatic heterocycles. The van der Waals surface area contributed by atoms with Gasteiger partial charge < -0.3 is 9.15 Å². The molecule has 0 saturated heterocycles. The van der Waals surface area contributed by atoms with Crippen molar-refractivity contribution >= 4 is 44.1 Å². The van der Waals surface area contributed by atoms with Gasteiger partial charge in [-0.25, -0.2) is 14.5 Å². The second-order valence-corrected chi connectivity index (χ2v) is 7.42. The minimum atomic E-state index is 0.249. The van der Waals surface area contributed by atoms with Crippen LogP contribution < -0.4 is 4.74 Å². The number of hydrogen-bond acceptors (Lipinski definition) is 5. The van der Waals surface area contributed by atoms with Gasteiger partial charge in [0.1, 0.15) is 24.4 Å². The zero-order chi connectivity index (χ0) is 19.1. The Morgan fingerprint density at radius 3 is 2.89 bits per heavy atom. The molecule has 0 aliphatic rings. The van der Waals surface area contributed by atoms with E-state index in [4.69, 9.17) is 20.8 Å². The van der Waals surface area contributed by atoms with Crippen LogP contribution in [0.2, 0.25) is 5.02 Å². The summed E-state index contributed by atoms with van der Waals surface area (Å²) in [5, 5.41) is 5.93. The molecule has 8 heteroatoms. The largest absolute Gasteiger partial charge is 0.484 e. The van der Waals surface area contributed by atoms with Crippen molar-refractivity contribution in [3.8, 4) is 17.3 Å². The summed E-state index contributed by atoms with van der Waals surface area (Å²) < 4.78 is 14.1. The molecule has 0 spiro atoms. The summed E-state index contributed by atoms with van der Waals surface area (Å²) in [4.78, 5) is 9.01. The lowest BCUT2D eigenvalue weighted by Gasteiger charge is -2.06. The minimum Gasteiger partial charge on any atom is -0.484 e. The van der Waals surface area contributed by atoms with Gasteiger partial charge in [0.15, 0.2) is 11.4 Å². The Labute approximate surface area is 172 Å². The molecule has 5 rings (SSSR count). The molecule has 0 bridgehead atoms. The maximum absolute atomic E-state index is 6.18. The van der Waals surface area contributed by atoms with Crippen molar-refractivity contribution in [3.05, 3.63) is 76.2 Å². The summed E-state index contributed by atoms with van der Waals surface area (Å²) in [6.45, 7) is 0.249. The van der Waals surface area contributed by atoms with Gasteiger partial charge in [0.05, 0.1) is 10.5 Å². The van der Waals surface area contributed by atoms with Gasteiger partial charge in [-0.15, -0.1) is 5.10 Å². The third-order valence-electron chi connectivity index (χ3n) is 4.23. The van der Waals surface area contributed by atoms with Crippen molar-refractivity contribution in [2.75, 3.05) is 0 Å². The molecule has 138 valence electrons. The van der Waals surface area contributed by atoms with E-state index in [1.54, 1.807) is 23.0 Å². The van der Waals surface area contributed by atoms with Gasteiger partial charge in [0.2, 0.25) is 5.82 Å². The van der Waals surface area contributed by atoms with Crippen LogP contribution >= 0.6 is 27.5 Å². The summed E-state index contributed by atoms with van der Waals surface area (Å²) in [5.74, 6) is 2.29. The minimum absolute atomic E-state index is 0.249. The number of halogens is 2. The lowest BCUT2D eigenvalue weighted by Crippen LogP contribution is -1.94. The van der Waals surface area contributed by atoms with Gasteiger partial charge in [-0.2, -0.15) is 0 Å². The number of benzene rings is 2. The number of rotatable bonds is 4. The van der Waals surface area contributed by atoms with Crippen LogP contribution in [-0.2, 0) is 6.61 Å². The predicted octanol–water partition coefficient (Wildman–Crippen LogP) is 5.53. The Balaban J connectivity index is 1.42. The van der Waals surface area contributed by atoms with Crippen molar-refractivity contribution in [1.29, 1.82) is 0 Å². The summed E-state index contributed by atoms with van der Waals surface area (Å²) >= 11 is 9.55. The molecule has 3 aromatic heterocycles. The average Bonchev–Trinajstić information content (AvgIpc) is 3.34. The topological polar surface area (TPSA) is 65.5 Å². The van der Waals surface area contributed by atoms with Gasteiger partial charge in [-0.05, 0) is 42.5 Å². The van der Waals surface area contributed by atoms with Crippen LogP contribution in [0.5, 0.6) is 5.75 Å². The predicted molar refractivity (Wildman–Crippen MR) is 109 cm³/mol. The number of nitrogens with zero attached hydrogens (tertiary/aromatic N) is 4. The number of ether oxygens (including phenoxy) is 1. The molecule has 3 heterocycles. The molecule has 0 saturated carbocycles. The highest BCUT2D eigenvalue weighted by Crippen LogP contribution is 2.29. The Hall–Kier alpha value is -2.90. The molecule has 28 heavy (non-hydrogen) atoms. The summed E-state index contributed by atoms with van der Waals surface area (Å²) in [6.07, 6.45) is 1.65. The smallest absolute Gasteiger partial charge is 0.217 e. The van der Waals surface area contributed by atoms with E-state index < -0.39 is 0 Å². The monoisotopic (exact) mass is 454 g/mol. The van der Waals surface area contributed by atoms with Gasteiger partial charge in [-0.3, -0.25) is 0 Å². The molecule has 0 amide bonds. The van der Waals surface area contributed by atoms with Crippen LogP contribution in [0.15, 0.2) is 69.8 Å². The fraction of sp³-hybridized carbons (Fsp3) is 0.0500. The van der Waals surface area contributed by atoms with Crippen LogP contribution in [0, 0.1) is 0 Å². The van der Waals surface area contributed by atoms with Gasteiger partial charge >= 0.3 is 0 Å². The molecule has 5 aromatic rings. The van der Waals surface area contributed by atoms with Crippen LogP contribution in [0.3, 0.4) is 0 Å². The lowest BCUT2D eigenvalue weighted by atomic mass is 10.2. The summed E-state index contributed by atoms with van der Waals surface area (Å²) in [7, 11) is 0. The highest BCUT2D eigenvalue weighted by Gasteiger charge is 2.14. The van der Waals surface area contributed by atoms with E-state index >= 15 is 0 Å². The molecule has 0 fully saturated rings. The molecule has 0 unspecified atom stereocenters. The molecule has 0 N–H and O–H groups in total. The normalized spacial score (nSPS) is 11.4. The second kappa shape index (κ2) is 6.92. The summed E-state index contributed by atoms with van der Waals surface area (Å²) in [6, 6.07) is 16.9. The summed E-state index contributed by atoms with van der Waals surface area (Å²) in [5.41, 5.74) is 1.60. The standard InChI is InChI=1S/C20H12BrClN4O2/c21-12-5-7-17(15(22)9-12)27-10-13-6-8-18(28-13)19-24-20-14-3-1-2-4-16(14)23-11-26(20)25-19/h1-9,11H,10H2. The molecular formula is C20H12BrClN4O2. The molecule has 6 nitrogen and oxygen atoms in total. The van der Waals surface area contributed by atoms with Crippen molar-refractivity contribution in [2.45, 2.75) is 6.61 Å². The van der Waals surface area contributed by atoms with E-state index in [0.717, 1.165) is 21.0 Å². The van der Waals surface area contributed by atoms with Crippen molar-refractivity contribution < 1.29 is 9.15 Å². The van der Waals surface area contributed by atoms with Crippen molar-refractivity contribution in [2.24, 2.45) is 0 Å². The number of furan rings is 1. The van der Waals surface area contributed by atoms with Gasteiger partial charge in [0, 0.05) is 9.86 Å². The number of para-hydroxylation sites is 1. The fourth-order valence-electron chi connectivity index (χ4n) is 2.90. The van der Waals surface area contributed by atoms with Gasteiger partial charge in [0.25, 0.3) is 0 Å². The molecular weight excluding hydrogens is 444 g/mol. The number of fused-ring (bicyclic) bond motifs is 3. The third kappa shape index (κ3) is 3.12. The first-order valence-electron chi connectivity index (χ1n) is 8.44. The van der Waals surface area contributed by atoms with E-state index in [0.29, 0.717) is 28.1 Å². The lowest BCUT2D eigenvalue weighted by molar-refractivity contribution is 0.272. The van der Waals surface area contributed by atoms with Crippen LogP contribution in [0.1, 0.15) is 5.76 Å². The molecule has 2 aromatic carbocycles. The molecule has 0 radical (unpaired) electrons. The van der Waals surface area contributed by atoms with E-state index in [2.05, 4.69) is 31.0 Å². The van der Waals surface area contributed by atoms with Crippen LogP contribution in [0.25, 0.3) is 28.1 Å². The fourth-order valence-corrected chi connectivity index (χ4v) is 3.63. The SMILES string of the molecule is Clc1cc(Br)ccc1OCc1ccc(-c2nc3c4ccccc4ncn3n2)o1. The van der Waals surface area contributed by atoms with Crippen LogP contribution in [0.4, 0.5) is 0 Å². The zero-order valence-corrected chi connectivity index (χ0v) is 16.7. The van der Waals surface area contributed by atoms with Crippen LogP contribution in [-0.4, -0.2) is 19.6 Å². The van der Waals surface area contributed by atoms with Crippen molar-refractivity contribution in [1.82, 2.24) is 19.6 Å². The first-order chi connectivity index (χ1) is 13.7. The average molecular weight is 456 g/mol. The highest BCUT2D eigenvalue weighted by molar-refractivity contribution is 9.10. The third-order valence-corrected chi connectivity index (χ3v) is 5.02. The Kier molecular flexibility index (Phi) is 4.26. The molecule has 0 atom stereocenters. The van der Waals surface area contributed by atoms with E-state index in [9.17, 15) is 0 Å². The first kappa shape index (κ1) is 17.2. The Morgan fingerprint density at radius 1 is 1.11 bits per heavy atom. The van der Waals surface area contributed by atoms with Crippen molar-refractivity contribution in [3.63, 3.8) is 0 Å². The Bertz CT molecular complexity index is 1310. The quantitative estimate of drug-likeness (QED) is 0.356. The van der Waals surface area contributed by atoms with E-state index in [-0.39, 0.29) is 6.61 Å². The molecule has 0 aliphatic carbocycles. The second-order valence-electron chi connectivity index (χ2n) is 6.09. The zero-order valence-electron chi connectivity index (χ0n) is 14.3. The maximum Gasteiger partial charge on any atom is 0.217 e. The maximum atomic E-state index is 6.18. The van der Waals surface area contributed by atoms with E-state index in [1.807, 2.05) is 42.5 Å². The number of hydrogen-bond donors (Lipinski definition) is 0. The van der Waals surface area contributed by atoms with Gasteiger partial charge in [-0.1, -0.05) is 39.7 Å². The first-order valence-corrected chi connectivity index (χ1v) is 9.61. The highest BCUT2D eigenvalue weighted by atomic mass is 79.9.